The van der Waals surface area contributed by atoms with Crippen LogP contribution in [0.3, 0.4) is 0 Å². The first-order valence-electron chi connectivity index (χ1n) is 13.4. The molecule has 2 fully saturated rings. The molecular formula is C28H28F3N9O. The van der Waals surface area contributed by atoms with Crippen molar-refractivity contribution in [2.24, 2.45) is 0 Å². The summed E-state index contributed by atoms with van der Waals surface area (Å²) in [5.74, 6) is 2.02. The minimum Gasteiger partial charge on any atom is -0.338 e. The molecule has 1 saturated heterocycles. The molecule has 0 bridgehead atoms. The molecule has 212 valence electrons. The minimum atomic E-state index is -4.60. The van der Waals surface area contributed by atoms with Gasteiger partial charge in [0.05, 0.1) is 29.6 Å². The van der Waals surface area contributed by atoms with Gasteiger partial charge in [-0.15, -0.1) is 0 Å². The highest BCUT2D eigenvalue weighted by atomic mass is 19.4. The number of nitrogens with one attached hydrogen (secondary N) is 2. The molecule has 6 rings (SSSR count). The van der Waals surface area contributed by atoms with Crippen molar-refractivity contribution in [2.75, 3.05) is 36.4 Å². The Bertz CT molecular complexity index is 1510. The lowest BCUT2D eigenvalue weighted by Gasteiger charge is -2.34. The Morgan fingerprint density at radius 1 is 0.976 bits per heavy atom. The lowest BCUT2D eigenvalue weighted by atomic mass is 10.0. The number of ketones is 1. The van der Waals surface area contributed by atoms with E-state index in [4.69, 9.17) is 0 Å². The average molecular weight is 564 g/mol. The Morgan fingerprint density at radius 3 is 2.46 bits per heavy atom. The average Bonchev–Trinajstić information content (AvgIpc) is 3.72. The fourth-order valence-electron chi connectivity index (χ4n) is 4.83. The number of Topliss-reactive ketones (excluding diaryl/α,β-unsaturated/α-hetero) is 1. The molecule has 0 radical (unpaired) electrons. The van der Waals surface area contributed by atoms with E-state index in [0.29, 0.717) is 29.9 Å². The Hall–Kier alpha value is -4.39. The second-order valence-electron chi connectivity index (χ2n) is 10.3. The topological polar surface area (TPSA) is 116 Å². The first kappa shape index (κ1) is 26.8. The summed E-state index contributed by atoms with van der Waals surface area (Å²) in [5, 5.41) is 10.7. The fraction of sp³-hybridized carbons (Fsp3) is 0.357. The molecule has 3 aromatic heterocycles. The first-order valence-corrected chi connectivity index (χ1v) is 13.4. The molecule has 0 unspecified atom stereocenters. The number of halogens is 3. The standard InChI is InChI=1S/C28H28F3N9O/c29-28(30,31)22-4-2-1-3-21(22)24(41)13-19-15-34-20(16-33-19)17-39-9-11-40(12-10-39)27-32-8-7-25(36-27)35-26-14-23(37-38-26)18-5-6-18/h1-4,7-8,14-16,18H,5-6,9-13,17H2,(H2,32,35,36,37,38). The van der Waals surface area contributed by atoms with Gasteiger partial charge in [-0.1, -0.05) is 18.2 Å². The van der Waals surface area contributed by atoms with Crippen LogP contribution in [0.5, 0.6) is 0 Å². The van der Waals surface area contributed by atoms with E-state index in [9.17, 15) is 18.0 Å². The number of piperazine rings is 1. The van der Waals surface area contributed by atoms with E-state index in [0.717, 1.165) is 49.5 Å². The summed E-state index contributed by atoms with van der Waals surface area (Å²) in [6.45, 7) is 3.56. The molecule has 0 spiro atoms. The number of hydrogen-bond acceptors (Lipinski definition) is 9. The Labute approximate surface area is 234 Å². The summed E-state index contributed by atoms with van der Waals surface area (Å²) >= 11 is 0. The van der Waals surface area contributed by atoms with Crippen molar-refractivity contribution < 1.29 is 18.0 Å². The van der Waals surface area contributed by atoms with Crippen molar-refractivity contribution in [3.63, 3.8) is 0 Å². The Kier molecular flexibility index (Phi) is 7.35. The molecule has 41 heavy (non-hydrogen) atoms. The molecule has 0 amide bonds. The third kappa shape index (κ3) is 6.51. The normalized spacial score (nSPS) is 16.1. The third-order valence-electron chi connectivity index (χ3n) is 7.19. The molecular weight excluding hydrogens is 535 g/mol. The minimum absolute atomic E-state index is 0.255. The van der Waals surface area contributed by atoms with Gasteiger partial charge in [0.15, 0.2) is 11.6 Å². The number of nitrogens with zero attached hydrogens (tertiary/aromatic N) is 7. The van der Waals surface area contributed by atoms with Crippen molar-refractivity contribution in [1.29, 1.82) is 0 Å². The van der Waals surface area contributed by atoms with E-state index in [1.54, 1.807) is 12.4 Å². The zero-order valence-corrected chi connectivity index (χ0v) is 22.1. The molecule has 1 saturated carbocycles. The molecule has 4 aromatic rings. The molecule has 4 heterocycles. The van der Waals surface area contributed by atoms with Crippen LogP contribution in [-0.2, 0) is 19.1 Å². The summed E-state index contributed by atoms with van der Waals surface area (Å²) < 4.78 is 39.8. The summed E-state index contributed by atoms with van der Waals surface area (Å²) in [6, 6.07) is 8.62. The van der Waals surface area contributed by atoms with E-state index >= 15 is 0 Å². The maximum absolute atomic E-state index is 13.3. The second kappa shape index (κ2) is 11.2. The van der Waals surface area contributed by atoms with Crippen LogP contribution >= 0.6 is 0 Å². The molecule has 2 N–H and O–H groups in total. The van der Waals surface area contributed by atoms with Crippen LogP contribution in [0.2, 0.25) is 0 Å². The Morgan fingerprint density at radius 2 is 1.73 bits per heavy atom. The van der Waals surface area contributed by atoms with Gasteiger partial charge in [-0.05, 0) is 25.0 Å². The maximum Gasteiger partial charge on any atom is 0.417 e. The number of anilines is 3. The van der Waals surface area contributed by atoms with Crippen molar-refractivity contribution in [3.05, 3.63) is 83.2 Å². The van der Waals surface area contributed by atoms with Gasteiger partial charge in [-0.2, -0.15) is 23.3 Å². The lowest BCUT2D eigenvalue weighted by Crippen LogP contribution is -2.46. The second-order valence-corrected chi connectivity index (χ2v) is 10.3. The lowest BCUT2D eigenvalue weighted by molar-refractivity contribution is -0.137. The highest BCUT2D eigenvalue weighted by molar-refractivity contribution is 5.98. The SMILES string of the molecule is O=C(Cc1cnc(CN2CCN(c3nccc(Nc4cc(C5CC5)[nH]n4)n3)CC2)cn1)c1ccccc1C(F)(F)F. The zero-order valence-electron chi connectivity index (χ0n) is 22.1. The van der Waals surface area contributed by atoms with Crippen molar-refractivity contribution >= 4 is 23.4 Å². The molecule has 1 aliphatic heterocycles. The van der Waals surface area contributed by atoms with Crippen LogP contribution in [-0.4, -0.2) is 67.0 Å². The van der Waals surface area contributed by atoms with E-state index in [1.807, 2.05) is 12.1 Å². The molecule has 0 atom stereocenters. The van der Waals surface area contributed by atoms with Crippen LogP contribution in [0.25, 0.3) is 0 Å². The number of benzene rings is 1. The fourth-order valence-corrected chi connectivity index (χ4v) is 4.83. The van der Waals surface area contributed by atoms with Crippen LogP contribution in [0.15, 0.2) is 55.0 Å². The van der Waals surface area contributed by atoms with Crippen LogP contribution in [0, 0.1) is 0 Å². The highest BCUT2D eigenvalue weighted by Gasteiger charge is 2.34. The van der Waals surface area contributed by atoms with Crippen molar-refractivity contribution in [2.45, 2.75) is 37.9 Å². The van der Waals surface area contributed by atoms with Gasteiger partial charge in [0.25, 0.3) is 0 Å². The largest absolute Gasteiger partial charge is 0.417 e. The van der Waals surface area contributed by atoms with E-state index in [2.05, 4.69) is 45.2 Å². The van der Waals surface area contributed by atoms with Gasteiger partial charge < -0.3 is 10.2 Å². The summed E-state index contributed by atoms with van der Waals surface area (Å²) in [6.07, 6.45) is 2.31. The molecule has 13 heteroatoms. The predicted octanol–water partition coefficient (Wildman–Crippen LogP) is 4.38. The third-order valence-corrected chi connectivity index (χ3v) is 7.19. The monoisotopic (exact) mass is 563 g/mol. The molecule has 1 aromatic carbocycles. The number of hydrogen-bond donors (Lipinski definition) is 2. The number of aromatic amines is 1. The van der Waals surface area contributed by atoms with Gasteiger partial charge in [-0.25, -0.2) is 4.98 Å². The van der Waals surface area contributed by atoms with E-state index in [1.165, 1.54) is 37.2 Å². The molecule has 10 nitrogen and oxygen atoms in total. The quantitative estimate of drug-likeness (QED) is 0.286. The maximum atomic E-state index is 13.3. The molecule has 2 aliphatic rings. The zero-order chi connectivity index (χ0) is 28.4. The van der Waals surface area contributed by atoms with Gasteiger partial charge in [0, 0.05) is 68.4 Å². The summed E-state index contributed by atoms with van der Waals surface area (Å²) in [7, 11) is 0. The van der Waals surface area contributed by atoms with Crippen LogP contribution < -0.4 is 10.2 Å². The molecule has 1 aliphatic carbocycles. The first-order chi connectivity index (χ1) is 19.8. The summed E-state index contributed by atoms with van der Waals surface area (Å²) in [5.41, 5.74) is 0.889. The number of aromatic nitrogens is 6. The summed E-state index contributed by atoms with van der Waals surface area (Å²) in [4.78, 5) is 34.7. The van der Waals surface area contributed by atoms with Gasteiger partial charge in [-0.3, -0.25) is 24.8 Å². The smallest absolute Gasteiger partial charge is 0.338 e. The number of rotatable bonds is 9. The van der Waals surface area contributed by atoms with Crippen LogP contribution in [0.1, 0.15) is 51.8 Å². The van der Waals surface area contributed by atoms with Crippen LogP contribution in [0.4, 0.5) is 30.8 Å². The van der Waals surface area contributed by atoms with Gasteiger partial charge >= 0.3 is 6.18 Å². The van der Waals surface area contributed by atoms with Crippen molar-refractivity contribution in [3.8, 4) is 0 Å². The number of alkyl halides is 3. The van der Waals surface area contributed by atoms with E-state index in [-0.39, 0.29) is 12.0 Å². The Balaban J connectivity index is 1.00. The van der Waals surface area contributed by atoms with Gasteiger partial charge in [0.2, 0.25) is 5.95 Å². The number of carbonyl (C=O) groups excluding carboxylic acids is 1. The van der Waals surface area contributed by atoms with E-state index < -0.39 is 17.5 Å². The number of carbonyl (C=O) groups is 1. The highest BCUT2D eigenvalue weighted by Crippen LogP contribution is 2.39. The van der Waals surface area contributed by atoms with Gasteiger partial charge in [0.1, 0.15) is 5.82 Å². The predicted molar refractivity (Wildman–Crippen MR) is 145 cm³/mol. The number of H-pyrrole nitrogens is 1. The van der Waals surface area contributed by atoms with Crippen molar-refractivity contribution in [1.82, 2.24) is 35.0 Å².